The Morgan fingerprint density at radius 3 is 2.00 bits per heavy atom. The van der Waals surface area contributed by atoms with Crippen LogP contribution in [0.3, 0.4) is 0 Å². The highest BCUT2D eigenvalue weighted by molar-refractivity contribution is 7.90. The maximum absolute atomic E-state index is 13.5. The summed E-state index contributed by atoms with van der Waals surface area (Å²) in [4.78, 5) is 18.3. The van der Waals surface area contributed by atoms with Gasteiger partial charge in [-0.1, -0.05) is 54.6 Å². The van der Waals surface area contributed by atoms with E-state index >= 15 is 0 Å². The minimum Gasteiger partial charge on any atom is -0.268 e. The molecule has 27 heavy (non-hydrogen) atoms. The summed E-state index contributed by atoms with van der Waals surface area (Å²) in [6, 6.07) is 21.3. The molecular formula is C21H14N2O3S. The van der Waals surface area contributed by atoms with E-state index in [1.54, 1.807) is 36.4 Å². The minimum atomic E-state index is -3.87. The fraction of sp³-hybridized carbons (Fsp3) is 0.0476. The standard InChI is InChI=1S/C21H14N2O3S/c24-21(23-13-14-7-1-6-12-19(14)27(23,25)26)20-15-8-2-4-10-17(15)22-18-11-5-3-9-16(18)20/h1-12H,13H2. The van der Waals surface area contributed by atoms with Gasteiger partial charge < -0.3 is 0 Å². The summed E-state index contributed by atoms with van der Waals surface area (Å²) in [5.74, 6) is -0.527. The molecule has 132 valence electrons. The first-order valence-electron chi connectivity index (χ1n) is 8.50. The molecule has 2 heterocycles. The molecule has 5 rings (SSSR count). The van der Waals surface area contributed by atoms with Gasteiger partial charge in [0.15, 0.2) is 0 Å². The van der Waals surface area contributed by atoms with E-state index in [0.29, 0.717) is 32.9 Å². The second kappa shape index (κ2) is 5.62. The Bertz CT molecular complexity index is 1290. The van der Waals surface area contributed by atoms with Crippen molar-refractivity contribution in [1.29, 1.82) is 0 Å². The lowest BCUT2D eigenvalue weighted by molar-refractivity contribution is 0.0863. The normalized spacial score (nSPS) is 15.2. The number of aromatic nitrogens is 1. The number of hydrogen-bond acceptors (Lipinski definition) is 4. The summed E-state index contributed by atoms with van der Waals surface area (Å²) in [6.07, 6.45) is 0. The number of rotatable bonds is 1. The van der Waals surface area contributed by atoms with Crippen molar-refractivity contribution in [2.45, 2.75) is 11.4 Å². The van der Waals surface area contributed by atoms with Gasteiger partial charge in [0.1, 0.15) is 0 Å². The second-order valence-electron chi connectivity index (χ2n) is 6.45. The van der Waals surface area contributed by atoms with E-state index in [1.807, 2.05) is 36.4 Å². The molecule has 6 heteroatoms. The number of carbonyl (C=O) groups excluding carboxylic acids is 1. The van der Waals surface area contributed by atoms with Crippen molar-refractivity contribution >= 4 is 37.7 Å². The number of nitrogens with zero attached hydrogens (tertiary/aromatic N) is 2. The van der Waals surface area contributed by atoms with Crippen LogP contribution in [0.5, 0.6) is 0 Å². The third-order valence-electron chi connectivity index (χ3n) is 4.88. The zero-order valence-electron chi connectivity index (χ0n) is 14.2. The Hall–Kier alpha value is -3.25. The lowest BCUT2D eigenvalue weighted by atomic mass is 10.0. The molecule has 0 atom stereocenters. The van der Waals surface area contributed by atoms with Crippen LogP contribution in [-0.4, -0.2) is 23.6 Å². The van der Waals surface area contributed by atoms with E-state index in [4.69, 9.17) is 0 Å². The quantitative estimate of drug-likeness (QED) is 0.476. The smallest absolute Gasteiger partial charge is 0.268 e. The first kappa shape index (κ1) is 16.0. The number of fused-ring (bicyclic) bond motifs is 3. The maximum atomic E-state index is 13.5. The highest BCUT2D eigenvalue weighted by atomic mass is 32.2. The van der Waals surface area contributed by atoms with Crippen LogP contribution in [0.25, 0.3) is 21.8 Å². The lowest BCUT2D eigenvalue weighted by Gasteiger charge is -2.18. The summed E-state index contributed by atoms with van der Waals surface area (Å²) in [7, 11) is -3.87. The van der Waals surface area contributed by atoms with E-state index < -0.39 is 15.9 Å². The van der Waals surface area contributed by atoms with Crippen LogP contribution < -0.4 is 0 Å². The average molecular weight is 374 g/mol. The van der Waals surface area contributed by atoms with Gasteiger partial charge in [0, 0.05) is 10.8 Å². The molecule has 0 spiro atoms. The fourth-order valence-corrected chi connectivity index (χ4v) is 5.19. The van der Waals surface area contributed by atoms with Gasteiger partial charge in [-0.3, -0.25) is 4.79 Å². The first-order valence-corrected chi connectivity index (χ1v) is 9.94. The third kappa shape index (κ3) is 2.27. The van der Waals surface area contributed by atoms with Crippen molar-refractivity contribution in [3.05, 3.63) is 83.9 Å². The molecule has 1 aliphatic heterocycles. The highest BCUT2D eigenvalue weighted by Crippen LogP contribution is 2.34. The predicted molar refractivity (Wildman–Crippen MR) is 103 cm³/mol. The maximum Gasteiger partial charge on any atom is 0.269 e. The van der Waals surface area contributed by atoms with Crippen LogP contribution in [0.1, 0.15) is 15.9 Å². The molecule has 0 saturated carbocycles. The molecular weight excluding hydrogens is 360 g/mol. The van der Waals surface area contributed by atoms with Crippen LogP contribution >= 0.6 is 0 Å². The number of benzene rings is 3. The number of hydrogen-bond donors (Lipinski definition) is 0. The van der Waals surface area contributed by atoms with Gasteiger partial charge in [-0.15, -0.1) is 0 Å². The van der Waals surface area contributed by atoms with Crippen LogP contribution in [0.15, 0.2) is 77.7 Å². The molecule has 0 radical (unpaired) electrons. The summed E-state index contributed by atoms with van der Waals surface area (Å²) >= 11 is 0. The largest absolute Gasteiger partial charge is 0.269 e. The monoisotopic (exact) mass is 374 g/mol. The van der Waals surface area contributed by atoms with Crippen molar-refractivity contribution in [2.24, 2.45) is 0 Å². The molecule has 0 unspecified atom stereocenters. The number of para-hydroxylation sites is 2. The zero-order valence-corrected chi connectivity index (χ0v) is 15.0. The Morgan fingerprint density at radius 2 is 1.37 bits per heavy atom. The molecule has 0 bridgehead atoms. The van der Waals surface area contributed by atoms with Crippen molar-refractivity contribution < 1.29 is 13.2 Å². The van der Waals surface area contributed by atoms with Gasteiger partial charge in [0.2, 0.25) is 0 Å². The second-order valence-corrected chi connectivity index (χ2v) is 8.28. The average Bonchev–Trinajstić information content (AvgIpc) is 2.96. The van der Waals surface area contributed by atoms with E-state index in [0.717, 1.165) is 4.31 Å². The van der Waals surface area contributed by atoms with Gasteiger partial charge in [-0.05, 0) is 23.8 Å². The van der Waals surface area contributed by atoms with Crippen molar-refractivity contribution in [3.8, 4) is 0 Å². The molecule has 1 amide bonds. The first-order chi connectivity index (χ1) is 13.1. The lowest BCUT2D eigenvalue weighted by Crippen LogP contribution is -2.31. The minimum absolute atomic E-state index is 0.0440. The summed E-state index contributed by atoms with van der Waals surface area (Å²) in [5.41, 5.74) is 2.32. The van der Waals surface area contributed by atoms with E-state index in [1.165, 1.54) is 0 Å². The summed E-state index contributed by atoms with van der Waals surface area (Å²) < 4.78 is 26.9. The Balaban J connectivity index is 1.78. The van der Waals surface area contributed by atoms with Gasteiger partial charge >= 0.3 is 0 Å². The van der Waals surface area contributed by atoms with Crippen LogP contribution in [0.4, 0.5) is 0 Å². The molecule has 5 nitrogen and oxygen atoms in total. The molecule has 1 aromatic heterocycles. The Kier molecular flexibility index (Phi) is 3.32. The third-order valence-corrected chi connectivity index (χ3v) is 6.71. The summed E-state index contributed by atoms with van der Waals surface area (Å²) in [6.45, 7) is 0.0440. The highest BCUT2D eigenvalue weighted by Gasteiger charge is 2.39. The Morgan fingerprint density at radius 1 is 0.815 bits per heavy atom. The molecule has 1 aliphatic rings. The number of pyridine rings is 1. The van der Waals surface area contributed by atoms with E-state index in [9.17, 15) is 13.2 Å². The predicted octanol–water partition coefficient (Wildman–Crippen LogP) is 3.73. The van der Waals surface area contributed by atoms with E-state index in [2.05, 4.69) is 4.98 Å². The number of carbonyl (C=O) groups is 1. The number of sulfonamides is 1. The molecule has 0 aliphatic carbocycles. The van der Waals surface area contributed by atoms with E-state index in [-0.39, 0.29) is 11.4 Å². The molecule has 3 aromatic carbocycles. The topological polar surface area (TPSA) is 67.3 Å². The van der Waals surface area contributed by atoms with Crippen molar-refractivity contribution in [1.82, 2.24) is 9.29 Å². The number of amides is 1. The molecule has 0 saturated heterocycles. The van der Waals surface area contributed by atoms with Gasteiger partial charge in [0.05, 0.1) is 28.0 Å². The van der Waals surface area contributed by atoms with Crippen LogP contribution in [0.2, 0.25) is 0 Å². The van der Waals surface area contributed by atoms with Crippen molar-refractivity contribution in [2.75, 3.05) is 0 Å². The zero-order chi connectivity index (χ0) is 18.6. The molecule has 0 N–H and O–H groups in total. The van der Waals surface area contributed by atoms with Gasteiger partial charge in [-0.2, -0.15) is 0 Å². The SMILES string of the molecule is O=C(c1c2ccccc2nc2ccccc12)N1Cc2ccccc2S1(=O)=O. The molecule has 0 fully saturated rings. The Labute approximate surface area is 155 Å². The van der Waals surface area contributed by atoms with Gasteiger partial charge in [-0.25, -0.2) is 17.7 Å². The van der Waals surface area contributed by atoms with Crippen LogP contribution in [-0.2, 0) is 16.6 Å². The fourth-order valence-electron chi connectivity index (χ4n) is 3.62. The summed E-state index contributed by atoms with van der Waals surface area (Å²) in [5, 5.41) is 1.29. The van der Waals surface area contributed by atoms with Crippen molar-refractivity contribution in [3.63, 3.8) is 0 Å². The molecule has 4 aromatic rings. The van der Waals surface area contributed by atoms with Crippen LogP contribution in [0, 0.1) is 0 Å². The van der Waals surface area contributed by atoms with Gasteiger partial charge in [0.25, 0.3) is 15.9 Å².